The molecule has 0 aromatic carbocycles. The predicted octanol–water partition coefficient (Wildman–Crippen LogP) is 0.141. The van der Waals surface area contributed by atoms with Gasteiger partial charge in [0.1, 0.15) is 11.1 Å². The summed E-state index contributed by atoms with van der Waals surface area (Å²) in [6.07, 6.45) is 0.592. The topological polar surface area (TPSA) is 126 Å². The average molecular weight is 393 g/mol. The fraction of sp³-hybridized carbons (Fsp3) is 0.400. The summed E-state index contributed by atoms with van der Waals surface area (Å²) in [7, 11) is 1.55. The van der Waals surface area contributed by atoms with Crippen LogP contribution in [0.4, 0.5) is 5.00 Å². The summed E-state index contributed by atoms with van der Waals surface area (Å²) in [5, 5.41) is 27.8. The van der Waals surface area contributed by atoms with Crippen LogP contribution >= 0.6 is 23.1 Å². The zero-order valence-corrected chi connectivity index (χ0v) is 15.7. The van der Waals surface area contributed by atoms with Gasteiger partial charge in [-0.1, -0.05) is 4.68 Å². The molecule has 1 aliphatic rings. The van der Waals surface area contributed by atoms with E-state index in [1.54, 1.807) is 11.9 Å². The number of hydrogen-bond acceptors (Lipinski definition) is 8. The molecule has 9 nitrogen and oxygen atoms in total. The van der Waals surface area contributed by atoms with Gasteiger partial charge in [0, 0.05) is 18.3 Å². The summed E-state index contributed by atoms with van der Waals surface area (Å²) in [5.41, 5.74) is 1.34. The molecule has 2 aromatic heterocycles. The summed E-state index contributed by atoms with van der Waals surface area (Å²) in [6, 6.07) is 2.15. The summed E-state index contributed by atoms with van der Waals surface area (Å²) >= 11 is 2.32. The first-order valence-corrected chi connectivity index (χ1v) is 9.46. The second kappa shape index (κ2) is 7.35. The Kier molecular flexibility index (Phi) is 5.15. The van der Waals surface area contributed by atoms with E-state index in [0.717, 1.165) is 22.2 Å². The molecule has 0 saturated carbocycles. The lowest BCUT2D eigenvalue weighted by atomic mass is 10.0. The summed E-state index contributed by atoms with van der Waals surface area (Å²) in [4.78, 5) is 26.4. The number of nitrogens with one attached hydrogen (secondary N) is 1. The van der Waals surface area contributed by atoms with Gasteiger partial charge in [0.25, 0.3) is 5.03 Å². The van der Waals surface area contributed by atoms with E-state index in [4.69, 9.17) is 0 Å². The number of hydrogen-bond donors (Lipinski definition) is 1. The van der Waals surface area contributed by atoms with Crippen molar-refractivity contribution in [3.63, 3.8) is 0 Å². The van der Waals surface area contributed by atoms with E-state index in [0.29, 0.717) is 30.1 Å². The molecule has 2 aromatic rings. The zero-order valence-electron chi connectivity index (χ0n) is 14.1. The van der Waals surface area contributed by atoms with Crippen LogP contribution in [-0.4, -0.2) is 34.3 Å². The number of nitrogens with zero attached hydrogens (tertiary/aromatic N) is 4. The second-order valence-corrected chi connectivity index (χ2v) is 7.71. The Labute approximate surface area is 157 Å². The van der Waals surface area contributed by atoms with E-state index in [-0.39, 0.29) is 22.6 Å². The van der Waals surface area contributed by atoms with Crippen molar-refractivity contribution in [2.75, 3.05) is 17.6 Å². The minimum atomic E-state index is -0.598. The van der Waals surface area contributed by atoms with Gasteiger partial charge in [0.2, 0.25) is 11.8 Å². The van der Waals surface area contributed by atoms with Gasteiger partial charge in [-0.25, -0.2) is 0 Å². The van der Waals surface area contributed by atoms with Crippen molar-refractivity contribution in [1.29, 1.82) is 5.26 Å². The fourth-order valence-corrected chi connectivity index (χ4v) is 4.58. The molecule has 0 radical (unpaired) electrons. The number of rotatable bonds is 4. The van der Waals surface area contributed by atoms with Crippen LogP contribution in [-0.2, 0) is 29.6 Å². The third kappa shape index (κ3) is 3.51. The molecule has 1 aliphatic heterocycles. The average Bonchev–Trinajstić information content (AvgIpc) is 3.11. The predicted molar refractivity (Wildman–Crippen MR) is 90.3 cm³/mol. The minimum Gasteiger partial charge on any atom is -0.538 e. The molecule has 2 amide bonds. The Morgan fingerprint density at radius 3 is 2.96 bits per heavy atom. The molecular formula is C15H15N5O4S2. The standard InChI is InChI=1S/C15H15N5O4S2/c1-8(21)20-4-3-9-10(5-16)13(26-11(9)6-20)17-12(22)7-25-14-15(23)24-18-19(14)2/h3-4,6-7H2,1-2H3,(H-,17,18,22,23). The Hall–Kier alpha value is -2.58. The van der Waals surface area contributed by atoms with E-state index in [1.807, 2.05) is 0 Å². The molecule has 0 saturated heterocycles. The van der Waals surface area contributed by atoms with Crippen molar-refractivity contribution in [1.82, 2.24) is 10.2 Å². The monoisotopic (exact) mass is 393 g/mol. The number of aromatic nitrogens is 2. The molecule has 1 N–H and O–H groups in total. The van der Waals surface area contributed by atoms with Crippen molar-refractivity contribution in [3.8, 4) is 12.0 Å². The normalized spacial score (nSPS) is 13.2. The molecular weight excluding hydrogens is 378 g/mol. The third-order valence-electron chi connectivity index (χ3n) is 3.92. The van der Waals surface area contributed by atoms with E-state index in [2.05, 4.69) is 21.2 Å². The first kappa shape index (κ1) is 18.2. The van der Waals surface area contributed by atoms with Crippen molar-refractivity contribution in [3.05, 3.63) is 16.0 Å². The van der Waals surface area contributed by atoms with Crippen LogP contribution in [0.25, 0.3) is 0 Å². The molecule has 136 valence electrons. The van der Waals surface area contributed by atoms with Gasteiger partial charge >= 0.3 is 0 Å². The molecule has 0 atom stereocenters. The number of nitriles is 1. The van der Waals surface area contributed by atoms with E-state index in [1.165, 1.54) is 22.9 Å². The van der Waals surface area contributed by atoms with Gasteiger partial charge < -0.3 is 19.8 Å². The van der Waals surface area contributed by atoms with Crippen LogP contribution in [0.15, 0.2) is 9.55 Å². The molecule has 3 heterocycles. The Balaban J connectivity index is 1.71. The SMILES string of the molecule is CC(=O)N1CCc2c(sc(NC(=O)CSc3c([O-])on[n+]3C)c2C#N)C1. The van der Waals surface area contributed by atoms with Gasteiger partial charge in [0.15, 0.2) is 13.0 Å². The van der Waals surface area contributed by atoms with Crippen LogP contribution in [0.1, 0.15) is 22.9 Å². The van der Waals surface area contributed by atoms with E-state index < -0.39 is 5.95 Å². The minimum absolute atomic E-state index is 0.0143. The quantitative estimate of drug-likeness (QED) is 0.578. The maximum Gasteiger partial charge on any atom is 0.291 e. The van der Waals surface area contributed by atoms with Crippen molar-refractivity contribution >= 4 is 39.9 Å². The molecule has 11 heteroatoms. The smallest absolute Gasteiger partial charge is 0.291 e. The number of anilines is 1. The van der Waals surface area contributed by atoms with Crippen LogP contribution < -0.4 is 15.1 Å². The Bertz CT molecular complexity index is 895. The Morgan fingerprint density at radius 1 is 1.58 bits per heavy atom. The van der Waals surface area contributed by atoms with E-state index in [9.17, 15) is 20.0 Å². The lowest BCUT2D eigenvalue weighted by molar-refractivity contribution is -0.772. The first-order chi connectivity index (χ1) is 12.4. The van der Waals surface area contributed by atoms with Crippen LogP contribution in [0.3, 0.4) is 0 Å². The van der Waals surface area contributed by atoms with Crippen LogP contribution in [0, 0.1) is 11.3 Å². The lowest BCUT2D eigenvalue weighted by Crippen LogP contribution is -2.33. The number of thiophene rings is 1. The highest BCUT2D eigenvalue weighted by molar-refractivity contribution is 7.99. The first-order valence-electron chi connectivity index (χ1n) is 7.66. The molecule has 0 bridgehead atoms. The van der Waals surface area contributed by atoms with Crippen LogP contribution in [0.5, 0.6) is 5.95 Å². The van der Waals surface area contributed by atoms with Crippen molar-refractivity contribution in [2.45, 2.75) is 24.9 Å². The van der Waals surface area contributed by atoms with Gasteiger partial charge in [-0.15, -0.1) is 11.3 Å². The number of thioether (sulfide) groups is 1. The van der Waals surface area contributed by atoms with Crippen LogP contribution in [0.2, 0.25) is 0 Å². The number of carbonyl (C=O) groups excluding carboxylic acids is 2. The fourth-order valence-electron chi connectivity index (χ4n) is 2.63. The van der Waals surface area contributed by atoms with E-state index >= 15 is 0 Å². The summed E-state index contributed by atoms with van der Waals surface area (Å²) < 4.78 is 5.76. The lowest BCUT2D eigenvalue weighted by Gasteiger charge is -2.25. The number of aryl methyl sites for hydroxylation is 1. The maximum absolute atomic E-state index is 12.2. The molecule has 0 spiro atoms. The van der Waals surface area contributed by atoms with Gasteiger partial charge in [-0.05, 0) is 23.7 Å². The highest BCUT2D eigenvalue weighted by Gasteiger charge is 2.26. The third-order valence-corrected chi connectivity index (χ3v) is 6.16. The molecule has 26 heavy (non-hydrogen) atoms. The highest BCUT2D eigenvalue weighted by atomic mass is 32.2. The zero-order chi connectivity index (χ0) is 18.8. The largest absolute Gasteiger partial charge is 0.538 e. The molecule has 3 rings (SSSR count). The maximum atomic E-state index is 12.2. The van der Waals surface area contributed by atoms with Crippen molar-refractivity contribution < 1.29 is 23.9 Å². The van der Waals surface area contributed by atoms with Gasteiger partial charge in [0.05, 0.1) is 23.1 Å². The number of amides is 2. The number of carbonyl (C=O) groups is 2. The highest BCUT2D eigenvalue weighted by Crippen LogP contribution is 2.36. The van der Waals surface area contributed by atoms with Gasteiger partial charge in [-0.2, -0.15) is 5.26 Å². The molecule has 0 unspecified atom stereocenters. The van der Waals surface area contributed by atoms with Gasteiger partial charge in [-0.3, -0.25) is 9.59 Å². The molecule has 0 aliphatic carbocycles. The molecule has 0 fully saturated rings. The Morgan fingerprint density at radius 2 is 2.35 bits per heavy atom. The second-order valence-electron chi connectivity index (χ2n) is 5.64. The summed E-state index contributed by atoms with van der Waals surface area (Å²) in [6.45, 7) is 2.52. The van der Waals surface area contributed by atoms with Crippen molar-refractivity contribution in [2.24, 2.45) is 7.05 Å². The summed E-state index contributed by atoms with van der Waals surface area (Å²) in [5.74, 6) is -0.968. The number of fused-ring (bicyclic) bond motifs is 1.